The number of nitrogens with zero attached hydrogens (tertiary/aromatic N) is 2. The highest BCUT2D eigenvalue weighted by Gasteiger charge is 2.54. The van der Waals surface area contributed by atoms with E-state index in [0.717, 1.165) is 13.0 Å². The van der Waals surface area contributed by atoms with Crippen LogP contribution < -0.4 is 15.0 Å². The van der Waals surface area contributed by atoms with Crippen LogP contribution in [0.3, 0.4) is 0 Å². The summed E-state index contributed by atoms with van der Waals surface area (Å²) in [5.41, 5.74) is 1.48. The van der Waals surface area contributed by atoms with Gasteiger partial charge >= 0.3 is 12.1 Å². The lowest BCUT2D eigenvalue weighted by Crippen LogP contribution is -2.45. The third-order valence-electron chi connectivity index (χ3n) is 6.18. The minimum absolute atomic E-state index is 0.0123. The van der Waals surface area contributed by atoms with Crippen LogP contribution in [0.15, 0.2) is 18.2 Å². The summed E-state index contributed by atoms with van der Waals surface area (Å²) in [4.78, 5) is 28.7. The molecule has 0 aromatic heterocycles. The highest BCUT2D eigenvalue weighted by Crippen LogP contribution is 2.51. The molecule has 1 aliphatic carbocycles. The number of ether oxygens (including phenoxy) is 2. The Morgan fingerprint density at radius 1 is 1.23 bits per heavy atom. The number of likely N-dealkylation sites (N-methyl/N-ethyl adjacent to an activating group) is 2. The van der Waals surface area contributed by atoms with Crippen molar-refractivity contribution in [1.29, 1.82) is 0 Å². The van der Waals surface area contributed by atoms with Crippen molar-refractivity contribution < 1.29 is 19.1 Å². The molecule has 2 heterocycles. The zero-order chi connectivity index (χ0) is 18.7. The highest BCUT2D eigenvalue weighted by atomic mass is 16.6. The minimum Gasteiger partial charge on any atom is -0.467 e. The van der Waals surface area contributed by atoms with Gasteiger partial charge in [-0.15, -0.1) is 0 Å². The third-order valence-corrected chi connectivity index (χ3v) is 6.18. The van der Waals surface area contributed by atoms with Crippen molar-refractivity contribution in [2.75, 3.05) is 32.6 Å². The van der Waals surface area contributed by atoms with E-state index in [1.165, 1.54) is 18.4 Å². The number of carbonyl (C=O) groups excluding carboxylic acids is 2. The van der Waals surface area contributed by atoms with Crippen molar-refractivity contribution in [3.63, 3.8) is 0 Å². The van der Waals surface area contributed by atoms with Gasteiger partial charge < -0.3 is 19.7 Å². The summed E-state index contributed by atoms with van der Waals surface area (Å²) in [5, 5.41) is 2.65. The lowest BCUT2D eigenvalue weighted by Gasteiger charge is -2.32. The zero-order valence-corrected chi connectivity index (χ0v) is 15.7. The first-order valence-electron chi connectivity index (χ1n) is 8.97. The second kappa shape index (κ2) is 5.61. The van der Waals surface area contributed by atoms with Gasteiger partial charge in [-0.2, -0.15) is 0 Å². The summed E-state index contributed by atoms with van der Waals surface area (Å²) < 4.78 is 10.2. The Kier molecular flexibility index (Phi) is 3.70. The van der Waals surface area contributed by atoms with Crippen LogP contribution in [-0.2, 0) is 14.9 Å². The lowest BCUT2D eigenvalue weighted by atomic mass is 9.81. The number of esters is 1. The maximum Gasteiger partial charge on any atom is 0.413 e. The smallest absolute Gasteiger partial charge is 0.413 e. The van der Waals surface area contributed by atoms with E-state index in [-0.39, 0.29) is 5.41 Å². The fraction of sp³-hybridized carbons (Fsp3) is 0.579. The van der Waals surface area contributed by atoms with E-state index < -0.39 is 17.6 Å². The largest absolute Gasteiger partial charge is 0.467 e. The first kappa shape index (κ1) is 17.1. The number of likely N-dealkylation sites (tertiary alicyclic amines) is 1. The van der Waals surface area contributed by atoms with Gasteiger partial charge in [0.05, 0.1) is 13.3 Å². The van der Waals surface area contributed by atoms with Crippen LogP contribution in [0.4, 0.5) is 10.5 Å². The molecule has 2 atom stereocenters. The van der Waals surface area contributed by atoms with Gasteiger partial charge in [-0.1, -0.05) is 6.92 Å². The predicted octanol–water partition coefficient (Wildman–Crippen LogP) is 1.85. The molecular formula is C19H25N3O4. The molecule has 1 saturated heterocycles. The monoisotopic (exact) mass is 359 g/mol. The molecule has 1 aromatic carbocycles. The lowest BCUT2D eigenvalue weighted by molar-refractivity contribution is -0.144. The van der Waals surface area contributed by atoms with Gasteiger partial charge in [0, 0.05) is 24.7 Å². The van der Waals surface area contributed by atoms with Crippen molar-refractivity contribution in [1.82, 2.24) is 10.2 Å². The van der Waals surface area contributed by atoms with Crippen LogP contribution in [0.1, 0.15) is 31.7 Å². The molecule has 0 bridgehead atoms. The minimum atomic E-state index is -0.909. The fourth-order valence-electron chi connectivity index (χ4n) is 4.65. The van der Waals surface area contributed by atoms with Crippen molar-refractivity contribution in [2.45, 2.75) is 43.3 Å². The van der Waals surface area contributed by atoms with E-state index in [4.69, 9.17) is 9.47 Å². The van der Waals surface area contributed by atoms with Crippen LogP contribution in [-0.4, -0.2) is 56.4 Å². The number of methoxy groups -OCH3 is 1. The molecule has 3 aliphatic rings. The summed E-state index contributed by atoms with van der Waals surface area (Å²) in [6.07, 6.45) is 1.92. The first-order chi connectivity index (χ1) is 12.3. The highest BCUT2D eigenvalue weighted by molar-refractivity contribution is 5.89. The molecule has 4 rings (SSSR count). The van der Waals surface area contributed by atoms with Gasteiger partial charge in [0.2, 0.25) is 0 Å². The Labute approximate surface area is 153 Å². The molecule has 7 nitrogen and oxygen atoms in total. The molecule has 2 unspecified atom stereocenters. The molecule has 1 aromatic rings. The van der Waals surface area contributed by atoms with Crippen molar-refractivity contribution in [2.24, 2.45) is 0 Å². The third kappa shape index (κ3) is 2.37. The Balaban J connectivity index is 1.53. The molecule has 1 N–H and O–H groups in total. The van der Waals surface area contributed by atoms with E-state index in [9.17, 15) is 9.59 Å². The molecule has 0 spiro atoms. The van der Waals surface area contributed by atoms with Crippen LogP contribution in [0.25, 0.3) is 0 Å². The number of rotatable bonds is 3. The number of hydrogen-bond donors (Lipinski definition) is 1. The average Bonchev–Trinajstić information content (AvgIpc) is 3.27. The predicted molar refractivity (Wildman–Crippen MR) is 96.4 cm³/mol. The summed E-state index contributed by atoms with van der Waals surface area (Å²) >= 11 is 0. The maximum atomic E-state index is 12.3. The Morgan fingerprint density at radius 2 is 1.96 bits per heavy atom. The fourth-order valence-corrected chi connectivity index (χ4v) is 4.65. The number of fused-ring (bicyclic) bond motifs is 3. The molecule has 26 heavy (non-hydrogen) atoms. The van der Waals surface area contributed by atoms with E-state index in [1.807, 2.05) is 12.1 Å². The summed E-state index contributed by atoms with van der Waals surface area (Å²) in [6.45, 7) is 3.31. The number of hydrogen-bond acceptors (Lipinski definition) is 6. The van der Waals surface area contributed by atoms with Gasteiger partial charge in [0.25, 0.3) is 0 Å². The molecule has 7 heteroatoms. The first-order valence-corrected chi connectivity index (χ1v) is 8.97. The van der Waals surface area contributed by atoms with Gasteiger partial charge in [-0.3, -0.25) is 4.90 Å². The second-order valence-corrected chi connectivity index (χ2v) is 7.90. The number of anilines is 1. The van der Waals surface area contributed by atoms with Gasteiger partial charge in [-0.25, -0.2) is 9.59 Å². The van der Waals surface area contributed by atoms with Crippen LogP contribution in [0.2, 0.25) is 0 Å². The van der Waals surface area contributed by atoms with E-state index in [2.05, 4.69) is 36.1 Å². The average molecular weight is 359 g/mol. The summed E-state index contributed by atoms with van der Waals surface area (Å²) in [6, 6.07) is 5.77. The SMILES string of the molecule is COC(=O)C1(NC(=O)Oc2ccc3c(c2)C2(C)CCN(C)C2N3C)CC1. The van der Waals surface area contributed by atoms with Crippen molar-refractivity contribution in [3.05, 3.63) is 23.8 Å². The molecule has 0 radical (unpaired) electrons. The summed E-state index contributed by atoms with van der Waals surface area (Å²) in [5.74, 6) is 0.0705. The summed E-state index contributed by atoms with van der Waals surface area (Å²) in [7, 11) is 5.57. The van der Waals surface area contributed by atoms with Crippen molar-refractivity contribution >= 4 is 17.7 Å². The Hall–Kier alpha value is -2.28. The Bertz CT molecular complexity index is 776. The molecule has 1 amide bonds. The topological polar surface area (TPSA) is 71.1 Å². The Morgan fingerprint density at radius 3 is 2.62 bits per heavy atom. The second-order valence-electron chi connectivity index (χ2n) is 7.90. The molecule has 2 aliphatic heterocycles. The zero-order valence-electron chi connectivity index (χ0n) is 15.7. The van der Waals surface area contributed by atoms with Gasteiger partial charge in [0.1, 0.15) is 11.3 Å². The van der Waals surface area contributed by atoms with E-state index in [0.29, 0.717) is 24.8 Å². The standard InChI is InChI=1S/C19H25N3O4/c1-18-9-10-21(2)15(18)22(3)14-6-5-12(11-13(14)18)26-17(24)20-19(7-8-19)16(23)25-4/h5-6,11,15H,7-10H2,1-4H3,(H,20,24). The molecule has 140 valence electrons. The van der Waals surface area contributed by atoms with Crippen LogP contribution in [0.5, 0.6) is 5.75 Å². The molecule has 2 fully saturated rings. The number of amides is 1. The maximum absolute atomic E-state index is 12.3. The quantitative estimate of drug-likeness (QED) is 0.831. The van der Waals surface area contributed by atoms with Gasteiger partial charge in [-0.05, 0) is 50.1 Å². The van der Waals surface area contributed by atoms with Gasteiger partial charge in [0.15, 0.2) is 0 Å². The van der Waals surface area contributed by atoms with E-state index in [1.54, 1.807) is 6.07 Å². The van der Waals surface area contributed by atoms with Crippen LogP contribution in [0, 0.1) is 0 Å². The van der Waals surface area contributed by atoms with Crippen LogP contribution >= 0.6 is 0 Å². The number of nitrogens with one attached hydrogen (secondary N) is 1. The van der Waals surface area contributed by atoms with E-state index >= 15 is 0 Å². The molecule has 1 saturated carbocycles. The number of benzene rings is 1. The molecular weight excluding hydrogens is 334 g/mol. The van der Waals surface area contributed by atoms with Crippen molar-refractivity contribution in [3.8, 4) is 5.75 Å². The normalized spacial score (nSPS) is 28.3. The number of carbonyl (C=O) groups is 2.